The molecule has 0 fully saturated rings. The highest BCUT2D eigenvalue weighted by Gasteiger charge is 2.10. The highest BCUT2D eigenvalue weighted by molar-refractivity contribution is 6.09. The predicted octanol–water partition coefficient (Wildman–Crippen LogP) is 1.71. The van der Waals surface area contributed by atoms with E-state index in [2.05, 4.69) is 4.98 Å². The number of aromatic nitrogens is 1. The molecule has 0 radical (unpaired) electrons. The first-order valence-electron chi connectivity index (χ1n) is 5.02. The molecule has 0 spiro atoms. The van der Waals surface area contributed by atoms with Gasteiger partial charge in [0.25, 0.3) is 0 Å². The van der Waals surface area contributed by atoms with Gasteiger partial charge in [-0.25, -0.2) is 0 Å². The molecule has 2 N–H and O–H groups in total. The normalized spacial score (nSPS) is 9.88. The Bertz CT molecular complexity index is 565. The molecule has 0 atom stereocenters. The lowest BCUT2D eigenvalue weighted by Crippen LogP contribution is -2.03. The highest BCUT2D eigenvalue weighted by atomic mass is 16.1. The third-order valence-electron chi connectivity index (χ3n) is 2.40. The van der Waals surface area contributed by atoms with Crippen LogP contribution >= 0.6 is 0 Å². The van der Waals surface area contributed by atoms with Crippen molar-refractivity contribution in [2.75, 3.05) is 5.73 Å². The zero-order valence-corrected chi connectivity index (χ0v) is 8.96. The summed E-state index contributed by atoms with van der Waals surface area (Å²) in [5.74, 6) is -0.179. The average molecular weight is 226 g/mol. The summed E-state index contributed by atoms with van der Waals surface area (Å²) in [6.07, 6.45) is 3.71. The zero-order valence-electron chi connectivity index (χ0n) is 8.96. The first kappa shape index (κ1) is 11.0. The minimum atomic E-state index is -0.179. The Balaban J connectivity index is 2.42. The summed E-state index contributed by atoms with van der Waals surface area (Å²) in [4.78, 5) is 26.6. The van der Waals surface area contributed by atoms with E-state index in [-0.39, 0.29) is 5.78 Å². The molecule has 4 nitrogen and oxygen atoms in total. The molecule has 17 heavy (non-hydrogen) atoms. The molecule has 0 saturated carbocycles. The summed E-state index contributed by atoms with van der Waals surface area (Å²) >= 11 is 0. The second kappa shape index (κ2) is 4.57. The maximum atomic E-state index is 12.0. The zero-order chi connectivity index (χ0) is 12.3. The molecule has 1 heterocycles. The van der Waals surface area contributed by atoms with Crippen LogP contribution in [0.3, 0.4) is 0 Å². The Morgan fingerprint density at radius 2 is 2.06 bits per heavy atom. The van der Waals surface area contributed by atoms with Crippen LogP contribution in [0.2, 0.25) is 0 Å². The number of anilines is 1. The molecule has 0 unspecified atom stereocenters. The van der Waals surface area contributed by atoms with Crippen molar-refractivity contribution in [1.82, 2.24) is 4.98 Å². The van der Waals surface area contributed by atoms with Crippen molar-refractivity contribution < 1.29 is 9.59 Å². The third kappa shape index (κ3) is 2.20. The third-order valence-corrected chi connectivity index (χ3v) is 2.40. The number of hydrogen-bond donors (Lipinski definition) is 1. The van der Waals surface area contributed by atoms with E-state index < -0.39 is 0 Å². The molecule has 0 aliphatic heterocycles. The Morgan fingerprint density at radius 3 is 2.71 bits per heavy atom. The Kier molecular flexibility index (Phi) is 2.96. The number of ketones is 1. The van der Waals surface area contributed by atoms with Crippen LogP contribution in [0, 0.1) is 0 Å². The van der Waals surface area contributed by atoms with Crippen LogP contribution in [-0.4, -0.2) is 17.1 Å². The maximum absolute atomic E-state index is 12.0. The largest absolute Gasteiger partial charge is 0.398 e. The minimum Gasteiger partial charge on any atom is -0.398 e. The summed E-state index contributed by atoms with van der Waals surface area (Å²) in [5, 5.41) is 0. The number of nitrogen functional groups attached to an aromatic ring is 1. The van der Waals surface area contributed by atoms with E-state index in [4.69, 9.17) is 5.73 Å². The van der Waals surface area contributed by atoms with Crippen LogP contribution in [0.1, 0.15) is 26.3 Å². The van der Waals surface area contributed by atoms with Gasteiger partial charge in [-0.05, 0) is 30.3 Å². The number of nitrogens with two attached hydrogens (primary N) is 1. The maximum Gasteiger partial charge on any atom is 0.194 e. The average Bonchev–Trinajstić information content (AvgIpc) is 2.39. The summed E-state index contributed by atoms with van der Waals surface area (Å²) in [7, 11) is 0. The van der Waals surface area contributed by atoms with E-state index in [1.807, 2.05) is 0 Å². The second-order valence-corrected chi connectivity index (χ2v) is 3.53. The molecule has 4 heteroatoms. The van der Waals surface area contributed by atoms with Gasteiger partial charge in [0.15, 0.2) is 12.1 Å². The van der Waals surface area contributed by atoms with E-state index >= 15 is 0 Å². The highest BCUT2D eigenvalue weighted by Crippen LogP contribution is 2.15. The lowest BCUT2D eigenvalue weighted by molar-refractivity contribution is 0.103. The van der Waals surface area contributed by atoms with Crippen molar-refractivity contribution in [3.8, 4) is 0 Å². The first-order valence-corrected chi connectivity index (χ1v) is 5.02. The van der Waals surface area contributed by atoms with E-state index in [1.165, 1.54) is 12.3 Å². The van der Waals surface area contributed by atoms with Crippen molar-refractivity contribution in [3.63, 3.8) is 0 Å². The predicted molar refractivity (Wildman–Crippen MR) is 63.9 cm³/mol. The van der Waals surface area contributed by atoms with Crippen LogP contribution in [0.25, 0.3) is 0 Å². The number of carbonyl (C=O) groups excluding carboxylic acids is 2. The van der Waals surface area contributed by atoms with E-state index in [0.717, 1.165) is 0 Å². The van der Waals surface area contributed by atoms with Gasteiger partial charge in [-0.1, -0.05) is 0 Å². The van der Waals surface area contributed by atoms with Gasteiger partial charge < -0.3 is 5.73 Å². The standard InChI is InChI=1S/C13H10N2O2/c14-12-4-3-9(6-11(12)8-16)13(17)10-2-1-5-15-7-10/h1-8H,14H2. The smallest absolute Gasteiger partial charge is 0.194 e. The van der Waals surface area contributed by atoms with Gasteiger partial charge in [0, 0.05) is 34.8 Å². The summed E-state index contributed by atoms with van der Waals surface area (Å²) in [5.41, 5.74) is 7.17. The van der Waals surface area contributed by atoms with Gasteiger partial charge >= 0.3 is 0 Å². The fourth-order valence-electron chi connectivity index (χ4n) is 1.48. The van der Waals surface area contributed by atoms with Crippen LogP contribution in [0.15, 0.2) is 42.7 Å². The van der Waals surface area contributed by atoms with Crippen LogP contribution in [0.4, 0.5) is 5.69 Å². The van der Waals surface area contributed by atoms with Gasteiger partial charge in [0.1, 0.15) is 0 Å². The molecule has 0 aliphatic carbocycles. The molecule has 1 aromatic heterocycles. The molecule has 0 aliphatic rings. The number of hydrogen-bond acceptors (Lipinski definition) is 4. The molecule has 2 aromatic rings. The van der Waals surface area contributed by atoms with Crippen LogP contribution < -0.4 is 5.73 Å². The number of pyridine rings is 1. The summed E-state index contributed by atoms with van der Waals surface area (Å²) in [6.45, 7) is 0. The van der Waals surface area contributed by atoms with Crippen molar-refractivity contribution in [3.05, 3.63) is 59.4 Å². The van der Waals surface area contributed by atoms with Gasteiger partial charge in [-0.3, -0.25) is 14.6 Å². The Labute approximate surface area is 98.1 Å². The molecular formula is C13H10N2O2. The molecule has 1 aromatic carbocycles. The van der Waals surface area contributed by atoms with Crippen LogP contribution in [-0.2, 0) is 0 Å². The first-order chi connectivity index (χ1) is 8.22. The fourth-order valence-corrected chi connectivity index (χ4v) is 1.48. The van der Waals surface area contributed by atoms with E-state index in [9.17, 15) is 9.59 Å². The molecular weight excluding hydrogens is 216 g/mol. The van der Waals surface area contributed by atoms with Crippen molar-refractivity contribution in [2.45, 2.75) is 0 Å². The van der Waals surface area contributed by atoms with Crippen molar-refractivity contribution >= 4 is 17.8 Å². The number of benzene rings is 1. The molecule has 0 saturated heterocycles. The SMILES string of the molecule is Nc1ccc(C(=O)c2cccnc2)cc1C=O. The fraction of sp³-hybridized carbons (Fsp3) is 0. The Morgan fingerprint density at radius 1 is 1.24 bits per heavy atom. The van der Waals surface area contributed by atoms with Crippen LogP contribution in [0.5, 0.6) is 0 Å². The minimum absolute atomic E-state index is 0.179. The van der Waals surface area contributed by atoms with E-state index in [0.29, 0.717) is 28.7 Å². The summed E-state index contributed by atoms with van der Waals surface area (Å²) < 4.78 is 0. The second-order valence-electron chi connectivity index (χ2n) is 3.53. The molecule has 0 amide bonds. The lowest BCUT2D eigenvalue weighted by Gasteiger charge is -2.03. The summed E-state index contributed by atoms with van der Waals surface area (Å²) in [6, 6.07) is 7.99. The van der Waals surface area contributed by atoms with E-state index in [1.54, 1.807) is 30.5 Å². The lowest BCUT2D eigenvalue weighted by atomic mass is 10.0. The number of nitrogens with zero attached hydrogens (tertiary/aromatic N) is 1. The number of carbonyl (C=O) groups is 2. The molecule has 2 rings (SSSR count). The van der Waals surface area contributed by atoms with Gasteiger partial charge in [-0.15, -0.1) is 0 Å². The Hall–Kier alpha value is -2.49. The van der Waals surface area contributed by atoms with Crippen molar-refractivity contribution in [2.24, 2.45) is 0 Å². The number of rotatable bonds is 3. The topological polar surface area (TPSA) is 73.1 Å². The van der Waals surface area contributed by atoms with Gasteiger partial charge in [-0.2, -0.15) is 0 Å². The number of aldehydes is 1. The quantitative estimate of drug-likeness (QED) is 0.491. The van der Waals surface area contributed by atoms with Crippen molar-refractivity contribution in [1.29, 1.82) is 0 Å². The van der Waals surface area contributed by atoms with Gasteiger partial charge in [0.2, 0.25) is 0 Å². The molecule has 0 bridgehead atoms. The van der Waals surface area contributed by atoms with Gasteiger partial charge in [0.05, 0.1) is 0 Å². The molecule has 84 valence electrons. The monoisotopic (exact) mass is 226 g/mol.